The van der Waals surface area contributed by atoms with Crippen LogP contribution < -0.4 is 0 Å². The van der Waals surface area contributed by atoms with Gasteiger partial charge in [0.25, 0.3) is 5.91 Å². The maximum atomic E-state index is 12.3. The number of hydrogen-bond acceptors (Lipinski definition) is 4. The van der Waals surface area contributed by atoms with E-state index < -0.39 is 0 Å². The molecule has 0 unspecified atom stereocenters. The molecular formula is C11H16N4OS. The normalized spacial score (nSPS) is 11.0. The molecule has 2 aromatic rings. The average molecular weight is 252 g/mol. The van der Waals surface area contributed by atoms with Crippen LogP contribution in [-0.4, -0.2) is 39.0 Å². The largest absolute Gasteiger partial charge is 0.340 e. The van der Waals surface area contributed by atoms with E-state index in [1.807, 2.05) is 14.0 Å². The number of aromatic nitrogens is 3. The van der Waals surface area contributed by atoms with Gasteiger partial charge in [0.15, 0.2) is 5.69 Å². The van der Waals surface area contributed by atoms with Crippen molar-refractivity contribution in [2.24, 2.45) is 0 Å². The van der Waals surface area contributed by atoms with Crippen molar-refractivity contribution in [2.45, 2.75) is 26.7 Å². The van der Waals surface area contributed by atoms with Crippen LogP contribution in [0.1, 0.15) is 35.9 Å². The molecule has 92 valence electrons. The molecule has 0 saturated heterocycles. The van der Waals surface area contributed by atoms with Crippen molar-refractivity contribution in [3.63, 3.8) is 0 Å². The molecule has 0 bridgehead atoms. The molecule has 0 aromatic carbocycles. The fourth-order valence-electron chi connectivity index (χ4n) is 1.72. The lowest BCUT2D eigenvalue weighted by Crippen LogP contribution is -2.29. The van der Waals surface area contributed by atoms with Crippen LogP contribution >= 0.6 is 11.3 Å². The summed E-state index contributed by atoms with van der Waals surface area (Å²) in [4.78, 5) is 19.1. The third-order valence-electron chi connectivity index (χ3n) is 2.72. The van der Waals surface area contributed by atoms with E-state index in [1.165, 1.54) is 11.3 Å². The van der Waals surface area contributed by atoms with E-state index in [0.717, 1.165) is 30.0 Å². The van der Waals surface area contributed by atoms with Crippen LogP contribution in [0.15, 0.2) is 5.51 Å². The molecule has 1 amide bonds. The van der Waals surface area contributed by atoms with Crippen LogP contribution in [0, 0.1) is 6.92 Å². The minimum Gasteiger partial charge on any atom is -0.340 e. The van der Waals surface area contributed by atoms with Gasteiger partial charge in [0, 0.05) is 13.6 Å². The zero-order chi connectivity index (χ0) is 12.4. The Morgan fingerprint density at radius 1 is 1.59 bits per heavy atom. The van der Waals surface area contributed by atoms with Gasteiger partial charge in [0.1, 0.15) is 5.51 Å². The minimum absolute atomic E-state index is 0.00523. The summed E-state index contributed by atoms with van der Waals surface area (Å²) in [5.41, 5.74) is 3.03. The Labute approximate surface area is 104 Å². The Morgan fingerprint density at radius 2 is 2.35 bits per heavy atom. The molecule has 0 aliphatic rings. The molecule has 2 aromatic heterocycles. The van der Waals surface area contributed by atoms with E-state index in [1.54, 1.807) is 14.9 Å². The third-order valence-corrected chi connectivity index (χ3v) is 3.39. The second-order valence-electron chi connectivity index (χ2n) is 4.06. The van der Waals surface area contributed by atoms with Gasteiger partial charge in [-0.2, -0.15) is 9.61 Å². The molecule has 0 atom stereocenters. The number of fused-ring (bicyclic) bond motifs is 1. The number of imidazole rings is 1. The number of nitrogens with zero attached hydrogens (tertiary/aromatic N) is 4. The van der Waals surface area contributed by atoms with Gasteiger partial charge in [0.2, 0.25) is 4.96 Å². The Morgan fingerprint density at radius 3 is 3.06 bits per heavy atom. The SMILES string of the molecule is CCCCN(C)C(=O)c1c(C)nc2scnn12. The minimum atomic E-state index is -0.00523. The molecule has 2 heterocycles. The summed E-state index contributed by atoms with van der Waals surface area (Å²) < 4.78 is 1.63. The number of carbonyl (C=O) groups excluding carboxylic acids is 1. The second kappa shape index (κ2) is 4.83. The molecular weight excluding hydrogens is 236 g/mol. The quantitative estimate of drug-likeness (QED) is 0.836. The van der Waals surface area contributed by atoms with Crippen molar-refractivity contribution in [1.29, 1.82) is 0 Å². The summed E-state index contributed by atoms with van der Waals surface area (Å²) in [5, 5.41) is 4.15. The lowest BCUT2D eigenvalue weighted by atomic mass is 10.3. The predicted molar refractivity (Wildman–Crippen MR) is 67.5 cm³/mol. The summed E-state index contributed by atoms with van der Waals surface area (Å²) in [6.45, 7) is 4.73. The maximum absolute atomic E-state index is 12.3. The van der Waals surface area contributed by atoms with Crippen molar-refractivity contribution in [3.8, 4) is 0 Å². The molecule has 0 aliphatic heterocycles. The van der Waals surface area contributed by atoms with Gasteiger partial charge in [0.05, 0.1) is 5.69 Å². The van der Waals surface area contributed by atoms with Gasteiger partial charge < -0.3 is 4.90 Å². The molecule has 5 nitrogen and oxygen atoms in total. The number of unbranched alkanes of at least 4 members (excludes halogenated alkanes) is 1. The van der Waals surface area contributed by atoms with Crippen LogP contribution in [-0.2, 0) is 0 Å². The van der Waals surface area contributed by atoms with Crippen LogP contribution in [0.2, 0.25) is 0 Å². The van der Waals surface area contributed by atoms with E-state index in [0.29, 0.717) is 5.69 Å². The summed E-state index contributed by atoms with van der Waals surface area (Å²) in [6.07, 6.45) is 2.09. The smallest absolute Gasteiger partial charge is 0.274 e. The highest BCUT2D eigenvalue weighted by atomic mass is 32.1. The molecule has 0 radical (unpaired) electrons. The molecule has 0 aliphatic carbocycles. The Kier molecular flexibility index (Phi) is 3.42. The first-order chi connectivity index (χ1) is 8.15. The molecule has 2 rings (SSSR count). The highest BCUT2D eigenvalue weighted by Crippen LogP contribution is 2.16. The van der Waals surface area contributed by atoms with E-state index in [9.17, 15) is 4.79 Å². The van der Waals surface area contributed by atoms with Crippen molar-refractivity contribution >= 4 is 22.2 Å². The second-order valence-corrected chi connectivity index (χ2v) is 4.87. The number of carbonyl (C=O) groups is 1. The highest BCUT2D eigenvalue weighted by Gasteiger charge is 2.21. The summed E-state index contributed by atoms with van der Waals surface area (Å²) in [7, 11) is 1.82. The fraction of sp³-hybridized carbons (Fsp3) is 0.545. The van der Waals surface area contributed by atoms with Gasteiger partial charge in [-0.1, -0.05) is 24.7 Å². The van der Waals surface area contributed by atoms with Crippen molar-refractivity contribution in [1.82, 2.24) is 19.5 Å². The summed E-state index contributed by atoms with van der Waals surface area (Å²) in [5.74, 6) is -0.00523. The van der Waals surface area contributed by atoms with Crippen LogP contribution in [0.5, 0.6) is 0 Å². The number of aryl methyl sites for hydroxylation is 1. The molecule has 6 heteroatoms. The molecule has 0 spiro atoms. The monoisotopic (exact) mass is 252 g/mol. The number of hydrogen-bond donors (Lipinski definition) is 0. The van der Waals surface area contributed by atoms with Crippen LogP contribution in [0.3, 0.4) is 0 Å². The fourth-order valence-corrected chi connectivity index (χ4v) is 2.38. The molecule has 0 saturated carbocycles. The zero-order valence-electron chi connectivity index (χ0n) is 10.3. The third kappa shape index (κ3) is 2.17. The molecule has 0 fully saturated rings. The topological polar surface area (TPSA) is 50.5 Å². The summed E-state index contributed by atoms with van der Waals surface area (Å²) >= 11 is 1.44. The van der Waals surface area contributed by atoms with Crippen LogP contribution in [0.25, 0.3) is 4.96 Å². The lowest BCUT2D eigenvalue weighted by molar-refractivity contribution is 0.0784. The first-order valence-corrected chi connectivity index (χ1v) is 6.57. The highest BCUT2D eigenvalue weighted by molar-refractivity contribution is 7.14. The van der Waals surface area contributed by atoms with Crippen molar-refractivity contribution < 1.29 is 4.79 Å². The van der Waals surface area contributed by atoms with E-state index in [4.69, 9.17) is 0 Å². The standard InChI is InChI=1S/C11H16N4OS/c1-4-5-6-14(3)10(16)9-8(2)13-11-15(9)12-7-17-11/h7H,4-6H2,1-3H3. The maximum Gasteiger partial charge on any atom is 0.274 e. The van der Waals surface area contributed by atoms with Gasteiger partial charge in [-0.3, -0.25) is 4.79 Å². The van der Waals surface area contributed by atoms with E-state index >= 15 is 0 Å². The summed E-state index contributed by atoms with van der Waals surface area (Å²) in [6, 6.07) is 0. The lowest BCUT2D eigenvalue weighted by Gasteiger charge is -2.16. The van der Waals surface area contributed by atoms with Gasteiger partial charge in [-0.05, 0) is 13.3 Å². The molecule has 0 N–H and O–H groups in total. The van der Waals surface area contributed by atoms with E-state index in [2.05, 4.69) is 17.0 Å². The van der Waals surface area contributed by atoms with Crippen molar-refractivity contribution in [2.75, 3.05) is 13.6 Å². The average Bonchev–Trinajstić information content (AvgIpc) is 2.84. The number of amides is 1. The van der Waals surface area contributed by atoms with E-state index in [-0.39, 0.29) is 5.91 Å². The number of rotatable bonds is 4. The predicted octanol–water partition coefficient (Wildman–Crippen LogP) is 1.97. The zero-order valence-corrected chi connectivity index (χ0v) is 11.1. The van der Waals surface area contributed by atoms with Gasteiger partial charge in [-0.25, -0.2) is 4.98 Å². The van der Waals surface area contributed by atoms with Gasteiger partial charge in [-0.15, -0.1) is 0 Å². The Balaban J connectivity index is 2.29. The first-order valence-electron chi connectivity index (χ1n) is 5.69. The van der Waals surface area contributed by atoms with Crippen LogP contribution in [0.4, 0.5) is 0 Å². The van der Waals surface area contributed by atoms with Crippen molar-refractivity contribution in [3.05, 3.63) is 16.9 Å². The van der Waals surface area contributed by atoms with Gasteiger partial charge >= 0.3 is 0 Å². The Bertz CT molecular complexity index is 531. The Hall–Kier alpha value is -1.43. The first kappa shape index (κ1) is 12.0. The molecule has 17 heavy (non-hydrogen) atoms.